The molecule has 1 saturated heterocycles. The molecule has 0 aromatic heterocycles. The highest BCUT2D eigenvalue weighted by atomic mass is 35.5. The molecule has 0 N–H and O–H groups in total. The first-order valence-electron chi connectivity index (χ1n) is 9.73. The molecule has 0 spiro atoms. The molecule has 1 aliphatic rings. The summed E-state index contributed by atoms with van der Waals surface area (Å²) in [4.78, 5) is 11.5. The van der Waals surface area contributed by atoms with Crippen molar-refractivity contribution in [1.82, 2.24) is 0 Å². The fourth-order valence-corrected chi connectivity index (χ4v) is 3.71. The van der Waals surface area contributed by atoms with Crippen LogP contribution in [0.4, 0.5) is 0 Å². The van der Waals surface area contributed by atoms with Crippen LogP contribution in [0.3, 0.4) is 0 Å². The lowest BCUT2D eigenvalue weighted by Crippen LogP contribution is -2.41. The predicted octanol–water partition coefficient (Wildman–Crippen LogP) is 4.81. The van der Waals surface area contributed by atoms with Crippen LogP contribution in [0.1, 0.15) is 33.3 Å². The molecule has 0 atom stereocenters. The molecule has 0 unspecified atom stereocenters. The summed E-state index contributed by atoms with van der Waals surface area (Å²) in [7, 11) is 2.28. The first kappa shape index (κ1) is 23.7. The highest BCUT2D eigenvalue weighted by Gasteiger charge is 2.52. The fraction of sp³-hybridized carbons (Fsp3) is 0.409. The summed E-state index contributed by atoms with van der Waals surface area (Å²) < 4.78 is 28.5. The molecule has 1 heterocycles. The third-order valence-corrected chi connectivity index (χ3v) is 6.12. The lowest BCUT2D eigenvalue weighted by atomic mass is 9.78. The maximum atomic E-state index is 11.5. The van der Waals surface area contributed by atoms with Gasteiger partial charge in [-0.15, -0.1) is 0 Å². The second-order valence-electron chi connectivity index (χ2n) is 8.24. The quantitative estimate of drug-likeness (QED) is 0.449. The van der Waals surface area contributed by atoms with Crippen LogP contribution in [0.15, 0.2) is 30.3 Å². The molecule has 1 aliphatic heterocycles. The monoisotopic (exact) mass is 466 g/mol. The minimum atomic E-state index is -0.628. The van der Waals surface area contributed by atoms with Gasteiger partial charge in [0.05, 0.1) is 41.9 Å². The van der Waals surface area contributed by atoms with E-state index < -0.39 is 18.3 Å². The molecular formula is C22H25BCl2O6. The lowest BCUT2D eigenvalue weighted by Gasteiger charge is -2.32. The number of hydrogen-bond acceptors (Lipinski definition) is 6. The van der Waals surface area contributed by atoms with Gasteiger partial charge in [0.2, 0.25) is 0 Å². The molecule has 166 valence electrons. The van der Waals surface area contributed by atoms with E-state index in [0.717, 1.165) is 0 Å². The van der Waals surface area contributed by atoms with Crippen LogP contribution in [0.25, 0.3) is 0 Å². The number of carbonyl (C=O) groups excluding carboxylic acids is 1. The average molecular weight is 467 g/mol. The van der Waals surface area contributed by atoms with Crippen molar-refractivity contribution in [3.63, 3.8) is 0 Å². The predicted molar refractivity (Wildman–Crippen MR) is 121 cm³/mol. The zero-order chi connectivity index (χ0) is 23.0. The normalized spacial score (nSPS) is 16.8. The van der Waals surface area contributed by atoms with Crippen molar-refractivity contribution in [2.45, 2.75) is 45.3 Å². The molecule has 2 aromatic rings. The topological polar surface area (TPSA) is 63.2 Å². The van der Waals surface area contributed by atoms with E-state index in [2.05, 4.69) is 4.74 Å². The SMILES string of the molecule is COC(=O)Cc1cc(Cl)c(Oc2ccc(OC)c(B3OC(C)(C)C(C)(C)O3)c2)c(Cl)c1. The fourth-order valence-electron chi connectivity index (χ4n) is 3.10. The first-order valence-corrected chi connectivity index (χ1v) is 10.5. The highest BCUT2D eigenvalue weighted by Crippen LogP contribution is 2.40. The molecule has 1 fully saturated rings. The summed E-state index contributed by atoms with van der Waals surface area (Å²) in [6.07, 6.45) is 0.0603. The third-order valence-electron chi connectivity index (χ3n) is 5.56. The van der Waals surface area contributed by atoms with Gasteiger partial charge in [0.15, 0.2) is 5.75 Å². The molecular weight excluding hydrogens is 442 g/mol. The second-order valence-corrected chi connectivity index (χ2v) is 9.05. The maximum absolute atomic E-state index is 11.5. The number of carbonyl (C=O) groups is 1. The Kier molecular flexibility index (Phi) is 6.82. The van der Waals surface area contributed by atoms with Crippen LogP contribution in [-0.2, 0) is 25.3 Å². The maximum Gasteiger partial charge on any atom is 0.498 e. The van der Waals surface area contributed by atoms with Crippen LogP contribution in [0.5, 0.6) is 17.2 Å². The van der Waals surface area contributed by atoms with Crippen molar-refractivity contribution >= 4 is 41.8 Å². The van der Waals surface area contributed by atoms with Gasteiger partial charge in [0.1, 0.15) is 11.5 Å². The smallest absolute Gasteiger partial charge is 0.497 e. The molecule has 0 radical (unpaired) electrons. The van der Waals surface area contributed by atoms with Crippen molar-refractivity contribution < 1.29 is 28.3 Å². The summed E-state index contributed by atoms with van der Waals surface area (Å²) in [5, 5.41) is 0.554. The van der Waals surface area contributed by atoms with Crippen LogP contribution in [0.2, 0.25) is 10.0 Å². The van der Waals surface area contributed by atoms with E-state index in [9.17, 15) is 4.79 Å². The summed E-state index contributed by atoms with van der Waals surface area (Å²) in [5.41, 5.74) is 0.318. The molecule has 0 aliphatic carbocycles. The van der Waals surface area contributed by atoms with Gasteiger partial charge >= 0.3 is 13.1 Å². The van der Waals surface area contributed by atoms with Gasteiger partial charge in [-0.25, -0.2) is 0 Å². The molecule has 0 saturated carbocycles. The Hall–Kier alpha value is -1.93. The number of halogens is 2. The van der Waals surface area contributed by atoms with E-state index in [0.29, 0.717) is 22.5 Å². The van der Waals surface area contributed by atoms with E-state index in [1.165, 1.54) is 7.11 Å². The van der Waals surface area contributed by atoms with Crippen molar-refractivity contribution in [1.29, 1.82) is 0 Å². The Morgan fingerprint density at radius 1 is 1.00 bits per heavy atom. The van der Waals surface area contributed by atoms with Crippen LogP contribution >= 0.6 is 23.2 Å². The zero-order valence-electron chi connectivity index (χ0n) is 18.4. The van der Waals surface area contributed by atoms with E-state index >= 15 is 0 Å². The molecule has 31 heavy (non-hydrogen) atoms. The van der Waals surface area contributed by atoms with Gasteiger partial charge in [0, 0.05) is 5.46 Å². The summed E-state index contributed by atoms with van der Waals surface area (Å²) in [6.45, 7) is 7.93. The van der Waals surface area contributed by atoms with Crippen molar-refractivity contribution in [2.24, 2.45) is 0 Å². The summed E-state index contributed by atoms with van der Waals surface area (Å²) in [6, 6.07) is 8.53. The molecule has 2 aromatic carbocycles. The molecule has 0 amide bonds. The Bertz CT molecular complexity index is 953. The molecule has 9 heteroatoms. The van der Waals surface area contributed by atoms with Gasteiger partial charge in [0.25, 0.3) is 0 Å². The molecule has 0 bridgehead atoms. The Morgan fingerprint density at radius 3 is 2.10 bits per heavy atom. The first-order chi connectivity index (χ1) is 14.5. The van der Waals surface area contributed by atoms with E-state index in [1.54, 1.807) is 37.4 Å². The largest absolute Gasteiger partial charge is 0.498 e. The van der Waals surface area contributed by atoms with Crippen molar-refractivity contribution in [3.05, 3.63) is 45.9 Å². The van der Waals surface area contributed by atoms with Crippen molar-refractivity contribution in [2.75, 3.05) is 14.2 Å². The molecule has 6 nitrogen and oxygen atoms in total. The number of esters is 1. The van der Waals surface area contributed by atoms with Gasteiger partial charge < -0.3 is 23.5 Å². The van der Waals surface area contributed by atoms with Crippen LogP contribution in [0, 0.1) is 0 Å². The third kappa shape index (κ3) is 4.95. The minimum absolute atomic E-state index is 0.0603. The standard InChI is InChI=1S/C22H25BCl2O6/c1-21(2)22(3,4)31-23(30-21)15-12-14(7-8-18(15)27-5)29-20-16(24)9-13(10-17(20)25)11-19(26)28-6/h7-10,12H,11H2,1-6H3. The van der Waals surface area contributed by atoms with E-state index in [1.807, 2.05) is 27.7 Å². The number of hydrogen-bond donors (Lipinski definition) is 0. The van der Waals surface area contributed by atoms with E-state index in [-0.39, 0.29) is 28.2 Å². The minimum Gasteiger partial charge on any atom is -0.497 e. The number of ether oxygens (including phenoxy) is 3. The second kappa shape index (κ2) is 8.90. The highest BCUT2D eigenvalue weighted by molar-refractivity contribution is 6.63. The Balaban J connectivity index is 1.90. The van der Waals surface area contributed by atoms with Gasteiger partial charge in [-0.05, 0) is 63.6 Å². The van der Waals surface area contributed by atoms with Crippen LogP contribution in [-0.4, -0.2) is 38.5 Å². The lowest BCUT2D eigenvalue weighted by molar-refractivity contribution is -0.139. The number of benzene rings is 2. The van der Waals surface area contributed by atoms with Gasteiger partial charge in [-0.1, -0.05) is 23.2 Å². The van der Waals surface area contributed by atoms with Gasteiger partial charge in [-0.2, -0.15) is 0 Å². The van der Waals surface area contributed by atoms with E-state index in [4.69, 9.17) is 42.0 Å². The summed E-state index contributed by atoms with van der Waals surface area (Å²) in [5.74, 6) is 0.983. The Morgan fingerprint density at radius 2 is 1.58 bits per heavy atom. The Labute approximate surface area is 192 Å². The average Bonchev–Trinajstić information content (AvgIpc) is 2.91. The summed E-state index contributed by atoms with van der Waals surface area (Å²) >= 11 is 12.8. The van der Waals surface area contributed by atoms with Crippen molar-refractivity contribution in [3.8, 4) is 17.2 Å². The van der Waals surface area contributed by atoms with Crippen LogP contribution < -0.4 is 14.9 Å². The zero-order valence-corrected chi connectivity index (χ0v) is 19.9. The number of rotatable bonds is 6. The molecule has 3 rings (SSSR count). The van der Waals surface area contributed by atoms with Gasteiger partial charge in [-0.3, -0.25) is 4.79 Å². The number of methoxy groups -OCH3 is 2.